The summed E-state index contributed by atoms with van der Waals surface area (Å²) in [7, 11) is 1.00. The van der Waals surface area contributed by atoms with E-state index in [1.807, 2.05) is 31.3 Å². The van der Waals surface area contributed by atoms with E-state index in [0.717, 1.165) is 29.7 Å². The van der Waals surface area contributed by atoms with Gasteiger partial charge in [-0.1, -0.05) is 42.5 Å². The molecule has 0 amide bonds. The lowest BCUT2D eigenvalue weighted by atomic mass is 9.90. The van der Waals surface area contributed by atoms with E-state index in [1.54, 1.807) is 11.3 Å². The van der Waals surface area contributed by atoms with Crippen molar-refractivity contribution in [3.05, 3.63) is 76.4 Å². The van der Waals surface area contributed by atoms with E-state index in [4.69, 9.17) is 14.6 Å². The number of nitrogens with zero attached hydrogens (tertiary/aromatic N) is 1. The molecule has 6 heteroatoms. The largest absolute Gasteiger partial charge is 0.400 e. The molecular formula is C24H27NO4S. The molecule has 5 nitrogen and oxygen atoms in total. The Bertz CT molecular complexity index is 978. The molecule has 5 rings (SSSR count). The fourth-order valence-corrected chi connectivity index (χ4v) is 5.21. The highest BCUT2D eigenvalue weighted by molar-refractivity contribution is 7.15. The molecule has 1 aromatic heterocycles. The van der Waals surface area contributed by atoms with Crippen molar-refractivity contribution < 1.29 is 19.7 Å². The first-order chi connectivity index (χ1) is 14.6. The maximum atomic E-state index is 10.3. The van der Waals surface area contributed by atoms with Crippen molar-refractivity contribution in [3.63, 3.8) is 0 Å². The van der Waals surface area contributed by atoms with Crippen LogP contribution < -0.4 is 0 Å². The Balaban J connectivity index is 0.00000106. The number of hydrogen-bond donors (Lipinski definition) is 2. The van der Waals surface area contributed by atoms with Crippen LogP contribution in [0.1, 0.15) is 41.5 Å². The number of thiazole rings is 1. The van der Waals surface area contributed by atoms with Crippen molar-refractivity contribution in [1.82, 2.24) is 4.98 Å². The zero-order valence-electron chi connectivity index (χ0n) is 17.2. The van der Waals surface area contributed by atoms with Gasteiger partial charge in [-0.3, -0.25) is 0 Å². The van der Waals surface area contributed by atoms with Crippen molar-refractivity contribution in [1.29, 1.82) is 0 Å². The van der Waals surface area contributed by atoms with Gasteiger partial charge >= 0.3 is 0 Å². The van der Waals surface area contributed by atoms with E-state index >= 15 is 0 Å². The van der Waals surface area contributed by atoms with Crippen LogP contribution in [-0.4, -0.2) is 34.5 Å². The molecule has 3 heterocycles. The number of aromatic nitrogens is 1. The highest BCUT2D eigenvalue weighted by Crippen LogP contribution is 2.45. The number of fused-ring (bicyclic) bond motifs is 2. The first kappa shape index (κ1) is 21.2. The van der Waals surface area contributed by atoms with Gasteiger partial charge in [0.15, 0.2) is 5.79 Å². The normalized spacial score (nSPS) is 24.9. The Labute approximate surface area is 180 Å². The summed E-state index contributed by atoms with van der Waals surface area (Å²) in [6.45, 7) is 2.53. The fraction of sp³-hybridized carbons (Fsp3) is 0.375. The summed E-state index contributed by atoms with van der Waals surface area (Å²) in [6.07, 6.45) is 3.45. The van der Waals surface area contributed by atoms with Gasteiger partial charge in [-0.05, 0) is 36.1 Å². The number of ether oxygens (including phenoxy) is 2. The average Bonchev–Trinajstić information content (AvgIpc) is 3.35. The molecule has 2 unspecified atom stereocenters. The summed E-state index contributed by atoms with van der Waals surface area (Å²) >= 11 is 1.73. The van der Waals surface area contributed by atoms with Gasteiger partial charge < -0.3 is 19.7 Å². The van der Waals surface area contributed by atoms with Crippen molar-refractivity contribution in [3.8, 4) is 10.4 Å². The molecule has 0 saturated carbocycles. The standard InChI is InChI=1S/C23H23NO3S.CH4O/c1-15-9-19(25)12-23(27-15)20-10-16(7-8-18(20)14-26-23)11-22-24-13-21(28-22)17-5-3-2-4-6-17;1-2/h2-8,10,13,15,19,25H,9,11-12,14H2,1H3;2H,1H3/t15?,19?,23-;/m1./s1. The molecule has 3 atom stereocenters. The topological polar surface area (TPSA) is 71.8 Å². The van der Waals surface area contributed by atoms with Crippen LogP contribution in [0.15, 0.2) is 54.7 Å². The molecule has 1 saturated heterocycles. The van der Waals surface area contributed by atoms with E-state index in [0.29, 0.717) is 19.4 Å². The van der Waals surface area contributed by atoms with Crippen molar-refractivity contribution in [2.45, 2.75) is 50.8 Å². The highest BCUT2D eigenvalue weighted by atomic mass is 32.1. The maximum Gasteiger partial charge on any atom is 0.198 e. The minimum absolute atomic E-state index is 0.0225. The molecule has 1 spiro atoms. The molecule has 2 aromatic carbocycles. The second kappa shape index (κ2) is 8.96. The van der Waals surface area contributed by atoms with Gasteiger partial charge in [-0.25, -0.2) is 4.98 Å². The number of rotatable bonds is 3. The lowest BCUT2D eigenvalue weighted by molar-refractivity contribution is -0.295. The van der Waals surface area contributed by atoms with Crippen LogP contribution in [0.2, 0.25) is 0 Å². The predicted octanol–water partition coefficient (Wildman–Crippen LogP) is 4.25. The summed E-state index contributed by atoms with van der Waals surface area (Å²) in [5.41, 5.74) is 4.60. The van der Waals surface area contributed by atoms with Gasteiger partial charge in [0.1, 0.15) is 0 Å². The summed E-state index contributed by atoms with van der Waals surface area (Å²) < 4.78 is 12.3. The van der Waals surface area contributed by atoms with E-state index in [9.17, 15) is 5.11 Å². The third kappa shape index (κ3) is 4.19. The lowest BCUT2D eigenvalue weighted by Gasteiger charge is -2.39. The zero-order chi connectivity index (χ0) is 21.1. The molecule has 1 fully saturated rings. The van der Waals surface area contributed by atoms with E-state index < -0.39 is 11.9 Å². The summed E-state index contributed by atoms with van der Waals surface area (Å²) in [4.78, 5) is 5.81. The smallest absolute Gasteiger partial charge is 0.198 e. The zero-order valence-corrected chi connectivity index (χ0v) is 18.1. The third-order valence-corrected chi connectivity index (χ3v) is 6.56. The molecule has 0 radical (unpaired) electrons. The molecule has 2 aliphatic heterocycles. The number of benzene rings is 2. The molecular weight excluding hydrogens is 398 g/mol. The Kier molecular flexibility index (Phi) is 6.32. The van der Waals surface area contributed by atoms with Gasteiger partial charge in [-0.2, -0.15) is 0 Å². The van der Waals surface area contributed by atoms with E-state index in [-0.39, 0.29) is 6.10 Å². The van der Waals surface area contributed by atoms with Crippen LogP contribution in [0.4, 0.5) is 0 Å². The van der Waals surface area contributed by atoms with Crippen LogP contribution in [0.5, 0.6) is 0 Å². The second-order valence-corrected chi connectivity index (χ2v) is 8.83. The van der Waals surface area contributed by atoms with Crippen LogP contribution in [0.25, 0.3) is 10.4 Å². The Morgan fingerprint density at radius 1 is 1.17 bits per heavy atom. The van der Waals surface area contributed by atoms with Crippen molar-refractivity contribution >= 4 is 11.3 Å². The van der Waals surface area contributed by atoms with E-state index in [2.05, 4.69) is 35.3 Å². The van der Waals surface area contributed by atoms with Crippen LogP contribution >= 0.6 is 11.3 Å². The third-order valence-electron chi connectivity index (χ3n) is 5.51. The monoisotopic (exact) mass is 425 g/mol. The summed E-state index contributed by atoms with van der Waals surface area (Å²) in [5.74, 6) is -0.805. The molecule has 0 aliphatic carbocycles. The minimum Gasteiger partial charge on any atom is -0.400 e. The highest BCUT2D eigenvalue weighted by Gasteiger charge is 2.47. The number of hydrogen-bond acceptors (Lipinski definition) is 6. The second-order valence-electron chi connectivity index (χ2n) is 7.72. The van der Waals surface area contributed by atoms with Crippen molar-refractivity contribution in [2.24, 2.45) is 0 Å². The maximum absolute atomic E-state index is 10.3. The molecule has 30 heavy (non-hydrogen) atoms. The molecule has 3 aromatic rings. The number of aliphatic hydroxyl groups is 2. The van der Waals surface area contributed by atoms with Gasteiger partial charge in [-0.15, -0.1) is 11.3 Å². The first-order valence-corrected chi connectivity index (χ1v) is 11.0. The SMILES string of the molecule is CC1CC(O)C[C@@]2(OCc3ccc(Cc4ncc(-c5ccccc5)s4)cc32)O1.CO. The minimum atomic E-state index is -0.805. The van der Waals surface area contributed by atoms with Gasteiger partial charge in [0.2, 0.25) is 0 Å². The molecule has 2 aliphatic rings. The van der Waals surface area contributed by atoms with Crippen LogP contribution in [0.3, 0.4) is 0 Å². The molecule has 0 bridgehead atoms. The lowest BCUT2D eigenvalue weighted by Crippen LogP contribution is -2.43. The van der Waals surface area contributed by atoms with E-state index in [1.165, 1.54) is 16.0 Å². The summed E-state index contributed by atoms with van der Waals surface area (Å²) in [6, 6.07) is 16.8. The molecule has 2 N–H and O–H groups in total. The van der Waals surface area contributed by atoms with Crippen LogP contribution in [-0.2, 0) is 28.3 Å². The fourth-order valence-electron chi connectivity index (χ4n) is 4.25. The van der Waals surface area contributed by atoms with Gasteiger partial charge in [0.05, 0.1) is 28.7 Å². The predicted molar refractivity (Wildman–Crippen MR) is 117 cm³/mol. The molecule has 158 valence electrons. The quantitative estimate of drug-likeness (QED) is 0.656. The first-order valence-electron chi connectivity index (χ1n) is 10.2. The number of aliphatic hydroxyl groups excluding tert-OH is 2. The van der Waals surface area contributed by atoms with Gasteiger partial charge in [0, 0.05) is 31.7 Å². The van der Waals surface area contributed by atoms with Crippen LogP contribution in [0, 0.1) is 0 Å². The Morgan fingerprint density at radius 2 is 1.97 bits per heavy atom. The van der Waals surface area contributed by atoms with Gasteiger partial charge in [0.25, 0.3) is 0 Å². The Morgan fingerprint density at radius 3 is 2.73 bits per heavy atom. The van der Waals surface area contributed by atoms with Crippen molar-refractivity contribution in [2.75, 3.05) is 7.11 Å². The summed E-state index contributed by atoms with van der Waals surface area (Å²) in [5, 5.41) is 18.4. The average molecular weight is 426 g/mol. The Hall–Kier alpha value is -2.09.